The highest BCUT2D eigenvalue weighted by atomic mass is 15.1. The van der Waals surface area contributed by atoms with Crippen LogP contribution in [0.4, 0.5) is 0 Å². The first-order valence-corrected chi connectivity index (χ1v) is 7.07. The lowest BCUT2D eigenvalue weighted by molar-refractivity contribution is 0.200. The summed E-state index contributed by atoms with van der Waals surface area (Å²) in [5, 5.41) is 2.93. The summed E-state index contributed by atoms with van der Waals surface area (Å²) >= 11 is 0. The molecule has 0 aromatic carbocycles. The van der Waals surface area contributed by atoms with E-state index in [1.165, 1.54) is 25.8 Å². The number of piperidine rings is 1. The Morgan fingerprint density at radius 1 is 1.12 bits per heavy atom. The normalized spacial score (nSPS) is 19.1. The van der Waals surface area contributed by atoms with Crippen LogP contribution < -0.4 is 5.32 Å². The average Bonchev–Trinajstić information content (AvgIpc) is 2.38. The summed E-state index contributed by atoms with van der Waals surface area (Å²) in [4.78, 5) is 2.43. The Kier molecular flexibility index (Phi) is 27.0. The zero-order valence-electron chi connectivity index (χ0n) is 13.1. The van der Waals surface area contributed by atoms with Crippen molar-refractivity contribution in [1.29, 1.82) is 0 Å². The van der Waals surface area contributed by atoms with Crippen LogP contribution in [0.15, 0.2) is 0 Å². The summed E-state index contributed by atoms with van der Waals surface area (Å²) < 4.78 is 0. The van der Waals surface area contributed by atoms with Crippen LogP contribution in [0, 0.1) is 0 Å². The van der Waals surface area contributed by atoms with Crippen molar-refractivity contribution in [3.63, 3.8) is 0 Å². The predicted molar refractivity (Wildman–Crippen MR) is 78.2 cm³/mol. The molecule has 2 heteroatoms. The number of hydrogen-bond acceptors (Lipinski definition) is 2. The van der Waals surface area contributed by atoms with Crippen LogP contribution >= 0.6 is 0 Å². The van der Waals surface area contributed by atoms with Gasteiger partial charge in [-0.2, -0.15) is 0 Å². The molecule has 1 fully saturated rings. The van der Waals surface area contributed by atoms with Gasteiger partial charge in [-0.05, 0) is 47.0 Å². The van der Waals surface area contributed by atoms with Gasteiger partial charge in [-0.3, -0.25) is 0 Å². The molecule has 1 aliphatic rings. The Balaban J connectivity index is -0.000000181. The van der Waals surface area contributed by atoms with Crippen LogP contribution in [-0.4, -0.2) is 38.1 Å². The van der Waals surface area contributed by atoms with E-state index >= 15 is 0 Å². The van der Waals surface area contributed by atoms with Crippen LogP contribution in [0.25, 0.3) is 0 Å². The summed E-state index contributed by atoms with van der Waals surface area (Å²) in [7, 11) is 4.14. The zero-order chi connectivity index (χ0) is 13.4. The molecule has 0 spiro atoms. The second-order valence-electron chi connectivity index (χ2n) is 3.53. The van der Waals surface area contributed by atoms with Crippen molar-refractivity contribution in [2.75, 3.05) is 27.2 Å². The van der Waals surface area contributed by atoms with Gasteiger partial charge in [0, 0.05) is 6.04 Å². The minimum atomic E-state index is 0.837. The minimum absolute atomic E-state index is 0.837. The van der Waals surface area contributed by atoms with E-state index in [1.54, 1.807) is 0 Å². The second-order valence-corrected chi connectivity index (χ2v) is 3.53. The minimum Gasteiger partial charge on any atom is -0.320 e. The molecule has 0 aromatic rings. The van der Waals surface area contributed by atoms with Crippen molar-refractivity contribution in [3.8, 4) is 0 Å². The van der Waals surface area contributed by atoms with Crippen molar-refractivity contribution < 1.29 is 0 Å². The van der Waals surface area contributed by atoms with E-state index in [1.807, 2.05) is 34.7 Å². The summed E-state index contributed by atoms with van der Waals surface area (Å²) in [6.45, 7) is 14.8. The maximum absolute atomic E-state index is 2.93. The summed E-state index contributed by atoms with van der Waals surface area (Å²) in [6, 6.07) is 0.837. The topological polar surface area (TPSA) is 15.3 Å². The molecule has 1 unspecified atom stereocenters. The van der Waals surface area contributed by atoms with Crippen molar-refractivity contribution in [2.45, 2.75) is 66.8 Å². The Morgan fingerprint density at radius 3 is 1.75 bits per heavy atom. The number of hydrogen-bond donors (Lipinski definition) is 1. The standard InChI is InChI=1S/C7H15N.C3H9N.2C2H6/c1-7-5-3-4-6-8(7)2;1-3-4-2;2*1-2/h7H,3-6H2,1-2H3;4H,3H2,1-2H3;2*1-2H3. The molecule has 2 nitrogen and oxygen atoms in total. The molecule has 102 valence electrons. The predicted octanol–water partition coefficient (Wildman–Crippen LogP) is 3.77. The third kappa shape index (κ3) is 16.4. The van der Waals surface area contributed by atoms with Gasteiger partial charge in [-0.15, -0.1) is 0 Å². The Morgan fingerprint density at radius 2 is 1.56 bits per heavy atom. The smallest absolute Gasteiger partial charge is 0.00638 e. The molecule has 1 N–H and O–H groups in total. The molecule has 0 amide bonds. The van der Waals surface area contributed by atoms with Crippen molar-refractivity contribution >= 4 is 0 Å². The Hall–Kier alpha value is -0.0800. The molecule has 1 rings (SSSR count). The van der Waals surface area contributed by atoms with Gasteiger partial charge in [0.1, 0.15) is 0 Å². The third-order valence-corrected chi connectivity index (χ3v) is 2.49. The maximum Gasteiger partial charge on any atom is 0.00638 e. The number of likely N-dealkylation sites (tertiary alicyclic amines) is 1. The fraction of sp³-hybridized carbons (Fsp3) is 1.00. The van der Waals surface area contributed by atoms with E-state index in [0.717, 1.165) is 12.6 Å². The molecule has 1 aliphatic heterocycles. The Labute approximate surface area is 105 Å². The first-order valence-electron chi connectivity index (χ1n) is 7.07. The van der Waals surface area contributed by atoms with E-state index in [4.69, 9.17) is 0 Å². The van der Waals surface area contributed by atoms with E-state index in [0.29, 0.717) is 0 Å². The van der Waals surface area contributed by atoms with Gasteiger partial charge in [0.05, 0.1) is 0 Å². The SMILES string of the molecule is CC.CC.CC1CCCCN1C.CCNC. The van der Waals surface area contributed by atoms with Crippen LogP contribution in [-0.2, 0) is 0 Å². The molecule has 0 radical (unpaired) electrons. The van der Waals surface area contributed by atoms with Gasteiger partial charge < -0.3 is 10.2 Å². The van der Waals surface area contributed by atoms with E-state index in [9.17, 15) is 0 Å². The quantitative estimate of drug-likeness (QED) is 0.740. The zero-order valence-corrected chi connectivity index (χ0v) is 13.1. The lowest BCUT2D eigenvalue weighted by Gasteiger charge is -2.29. The highest BCUT2D eigenvalue weighted by molar-refractivity contribution is 4.68. The monoisotopic (exact) mass is 232 g/mol. The molecule has 1 heterocycles. The van der Waals surface area contributed by atoms with Crippen LogP contribution in [0.3, 0.4) is 0 Å². The lowest BCUT2D eigenvalue weighted by Crippen LogP contribution is -2.33. The average molecular weight is 232 g/mol. The molecule has 1 atom stereocenters. The molecule has 0 saturated carbocycles. The fourth-order valence-corrected chi connectivity index (χ4v) is 1.24. The highest BCUT2D eigenvalue weighted by Gasteiger charge is 2.12. The number of nitrogens with one attached hydrogen (secondary N) is 1. The highest BCUT2D eigenvalue weighted by Crippen LogP contribution is 2.13. The van der Waals surface area contributed by atoms with E-state index < -0.39 is 0 Å². The van der Waals surface area contributed by atoms with Gasteiger partial charge in [0.25, 0.3) is 0 Å². The molecule has 0 bridgehead atoms. The summed E-state index contributed by atoms with van der Waals surface area (Å²) in [6.07, 6.45) is 4.24. The number of rotatable bonds is 1. The first-order chi connectivity index (χ1) is 7.72. The molecule has 16 heavy (non-hydrogen) atoms. The van der Waals surface area contributed by atoms with Gasteiger partial charge in [0.15, 0.2) is 0 Å². The fourth-order valence-electron chi connectivity index (χ4n) is 1.24. The maximum atomic E-state index is 2.93. The van der Waals surface area contributed by atoms with Gasteiger partial charge >= 0.3 is 0 Å². The summed E-state index contributed by atoms with van der Waals surface area (Å²) in [5.74, 6) is 0. The third-order valence-electron chi connectivity index (χ3n) is 2.49. The van der Waals surface area contributed by atoms with Crippen LogP contribution in [0.2, 0.25) is 0 Å². The van der Waals surface area contributed by atoms with Crippen LogP contribution in [0.1, 0.15) is 60.8 Å². The van der Waals surface area contributed by atoms with E-state index in [2.05, 4.69) is 31.1 Å². The summed E-state index contributed by atoms with van der Waals surface area (Å²) in [5.41, 5.74) is 0. The number of nitrogens with zero attached hydrogens (tertiary/aromatic N) is 1. The molecular formula is C14H36N2. The molecule has 0 aromatic heterocycles. The van der Waals surface area contributed by atoms with Crippen molar-refractivity contribution in [1.82, 2.24) is 10.2 Å². The van der Waals surface area contributed by atoms with Crippen LogP contribution in [0.5, 0.6) is 0 Å². The lowest BCUT2D eigenvalue weighted by atomic mass is 10.1. The van der Waals surface area contributed by atoms with Crippen molar-refractivity contribution in [2.24, 2.45) is 0 Å². The first kappa shape index (κ1) is 21.2. The van der Waals surface area contributed by atoms with Gasteiger partial charge in [-0.1, -0.05) is 41.0 Å². The van der Waals surface area contributed by atoms with Crippen molar-refractivity contribution in [3.05, 3.63) is 0 Å². The van der Waals surface area contributed by atoms with E-state index in [-0.39, 0.29) is 0 Å². The second kappa shape index (κ2) is 20.3. The molecular weight excluding hydrogens is 196 g/mol. The largest absolute Gasteiger partial charge is 0.320 e. The Bertz CT molecular complexity index is 82.7. The van der Waals surface area contributed by atoms with Gasteiger partial charge in [0.2, 0.25) is 0 Å². The van der Waals surface area contributed by atoms with Gasteiger partial charge in [-0.25, -0.2) is 0 Å². The molecule has 1 saturated heterocycles. The molecule has 0 aliphatic carbocycles.